The van der Waals surface area contributed by atoms with Gasteiger partial charge in [-0.05, 0) is 54.9 Å². The second-order valence-corrected chi connectivity index (χ2v) is 9.99. The number of fused-ring (bicyclic) bond motifs is 2. The van der Waals surface area contributed by atoms with Crippen LogP contribution >= 0.6 is 11.6 Å². The van der Waals surface area contributed by atoms with Gasteiger partial charge in [0.25, 0.3) is 0 Å². The summed E-state index contributed by atoms with van der Waals surface area (Å²) in [4.78, 5) is 33.4. The summed E-state index contributed by atoms with van der Waals surface area (Å²) in [7, 11) is 0. The number of aromatic nitrogens is 7. The number of carbonyl (C=O) groups is 2. The van der Waals surface area contributed by atoms with E-state index in [1.165, 1.54) is 18.4 Å². The minimum atomic E-state index is -0.327. The fourth-order valence-corrected chi connectivity index (χ4v) is 4.80. The maximum Gasteiger partial charge on any atom is 0.217 e. The van der Waals surface area contributed by atoms with E-state index < -0.39 is 0 Å². The smallest absolute Gasteiger partial charge is 0.217 e. The Morgan fingerprint density at radius 2 is 1.95 bits per heavy atom. The van der Waals surface area contributed by atoms with E-state index in [2.05, 4.69) is 27.6 Å². The van der Waals surface area contributed by atoms with E-state index in [-0.39, 0.29) is 24.5 Å². The molecule has 0 atom stereocenters. The Kier molecular flexibility index (Phi) is 5.96. The predicted molar refractivity (Wildman–Crippen MR) is 137 cm³/mol. The zero-order valence-corrected chi connectivity index (χ0v) is 20.8. The van der Waals surface area contributed by atoms with Crippen LogP contribution in [-0.2, 0) is 24.2 Å². The van der Waals surface area contributed by atoms with Crippen molar-refractivity contribution < 1.29 is 9.59 Å². The summed E-state index contributed by atoms with van der Waals surface area (Å²) in [6.07, 6.45) is 13.2. The summed E-state index contributed by atoms with van der Waals surface area (Å²) in [5.74, 6) is 0.141. The molecular formula is C26H25ClN8O2. The number of imidazole rings is 2. The summed E-state index contributed by atoms with van der Waals surface area (Å²) >= 11 is 6.11. The largest absolute Gasteiger partial charge is 0.370 e. The Morgan fingerprint density at radius 1 is 1.08 bits per heavy atom. The predicted octanol–water partition coefficient (Wildman–Crippen LogP) is 3.39. The van der Waals surface area contributed by atoms with Gasteiger partial charge in [0.2, 0.25) is 5.91 Å². The normalized spacial score (nSPS) is 13.5. The average molecular weight is 517 g/mol. The Bertz CT molecular complexity index is 1650. The van der Waals surface area contributed by atoms with E-state index in [1.807, 2.05) is 27.3 Å². The molecule has 0 saturated heterocycles. The van der Waals surface area contributed by atoms with Gasteiger partial charge in [-0.15, -0.1) is 5.10 Å². The zero-order chi connectivity index (χ0) is 25.5. The van der Waals surface area contributed by atoms with Gasteiger partial charge in [-0.2, -0.15) is 0 Å². The van der Waals surface area contributed by atoms with Crippen molar-refractivity contribution in [3.8, 4) is 0 Å². The highest BCUT2D eigenvalue weighted by Crippen LogP contribution is 2.40. The molecule has 0 aliphatic heterocycles. The van der Waals surface area contributed by atoms with Crippen LogP contribution in [0.3, 0.4) is 0 Å². The molecule has 1 amide bonds. The molecule has 5 aromatic rings. The van der Waals surface area contributed by atoms with Crippen LogP contribution in [0, 0.1) is 0 Å². The molecule has 0 unspecified atom stereocenters. The summed E-state index contributed by atoms with van der Waals surface area (Å²) in [6.45, 7) is 0.375. The first-order valence-corrected chi connectivity index (χ1v) is 12.6. The van der Waals surface area contributed by atoms with E-state index in [9.17, 15) is 9.59 Å². The second kappa shape index (κ2) is 9.44. The first kappa shape index (κ1) is 23.4. The first-order valence-electron chi connectivity index (χ1n) is 12.3. The Labute approximate surface area is 217 Å². The number of hydrogen-bond donors (Lipinski definition) is 1. The highest BCUT2D eigenvalue weighted by molar-refractivity contribution is 6.30. The van der Waals surface area contributed by atoms with Crippen molar-refractivity contribution in [3.63, 3.8) is 0 Å². The molecule has 1 saturated carbocycles. The number of amides is 1. The highest BCUT2D eigenvalue weighted by atomic mass is 35.5. The first-order chi connectivity index (χ1) is 17.9. The van der Waals surface area contributed by atoms with Crippen molar-refractivity contribution in [2.24, 2.45) is 5.73 Å². The van der Waals surface area contributed by atoms with E-state index >= 15 is 0 Å². The highest BCUT2D eigenvalue weighted by Gasteiger charge is 2.25. The fraction of sp³-hybridized carbons (Fsp3) is 0.308. The SMILES string of the molecule is NC(=O)CCc1cc(C2CC2)cn2cc(Cn3cc(C(=O)CCc4ncn5ccc(Cl)cc45)nn3)nc12. The van der Waals surface area contributed by atoms with Gasteiger partial charge in [0.05, 0.1) is 36.0 Å². The third kappa shape index (κ3) is 4.97. The lowest BCUT2D eigenvalue weighted by Crippen LogP contribution is -2.11. The van der Waals surface area contributed by atoms with Gasteiger partial charge >= 0.3 is 0 Å². The van der Waals surface area contributed by atoms with Gasteiger partial charge in [-0.1, -0.05) is 22.9 Å². The number of halogens is 1. The van der Waals surface area contributed by atoms with Gasteiger partial charge in [-0.3, -0.25) is 9.59 Å². The number of carbonyl (C=O) groups excluding carboxylic acids is 2. The Hall–Kier alpha value is -4.05. The van der Waals surface area contributed by atoms with E-state index in [0.29, 0.717) is 36.0 Å². The number of aryl methyl sites for hydroxylation is 2. The summed E-state index contributed by atoms with van der Waals surface area (Å²) in [6, 6.07) is 5.78. The number of ketones is 1. The van der Waals surface area contributed by atoms with Gasteiger partial charge in [0.15, 0.2) is 5.78 Å². The summed E-state index contributed by atoms with van der Waals surface area (Å²) in [5.41, 5.74) is 11.3. The molecule has 6 rings (SSSR count). The number of Topliss-reactive ketones (excluding diaryl/α,β-unsaturated/α-hetero) is 1. The molecule has 0 aromatic carbocycles. The van der Waals surface area contributed by atoms with Crippen LogP contribution in [0.1, 0.15) is 64.6 Å². The molecule has 5 heterocycles. The van der Waals surface area contributed by atoms with Crippen LogP contribution < -0.4 is 5.73 Å². The number of rotatable bonds is 10. The lowest BCUT2D eigenvalue weighted by Gasteiger charge is -2.06. The maximum atomic E-state index is 12.8. The number of pyridine rings is 2. The van der Waals surface area contributed by atoms with Gasteiger partial charge < -0.3 is 14.5 Å². The minimum absolute atomic E-state index is 0.104. The second-order valence-electron chi connectivity index (χ2n) is 9.56. The van der Waals surface area contributed by atoms with Crippen molar-refractivity contribution in [1.82, 2.24) is 33.8 Å². The molecule has 0 bridgehead atoms. The molecule has 1 aliphatic carbocycles. The summed E-state index contributed by atoms with van der Waals surface area (Å²) < 4.78 is 5.51. The van der Waals surface area contributed by atoms with Crippen LogP contribution in [0.15, 0.2) is 49.3 Å². The number of hydrogen-bond acceptors (Lipinski definition) is 6. The standard InChI is InChI=1S/C26H25ClN8O2/c27-19-7-8-33-15-29-21(23(33)10-19)4-5-24(36)22-14-35(32-31-22)13-20-12-34-11-18(16-1-2-16)9-17(26(34)30-20)3-6-25(28)37/h7-12,14-16H,1-6,13H2,(H2,28,37). The van der Waals surface area contributed by atoms with Crippen LogP contribution in [0.2, 0.25) is 5.02 Å². The average Bonchev–Trinajstić information content (AvgIpc) is 3.28. The molecule has 10 nitrogen and oxygen atoms in total. The minimum Gasteiger partial charge on any atom is -0.370 e. The quantitative estimate of drug-likeness (QED) is 0.284. The van der Waals surface area contributed by atoms with Crippen molar-refractivity contribution >= 4 is 34.5 Å². The molecule has 1 aliphatic rings. The third-order valence-electron chi connectivity index (χ3n) is 6.71. The lowest BCUT2D eigenvalue weighted by atomic mass is 10.1. The van der Waals surface area contributed by atoms with Crippen molar-refractivity contribution in [1.29, 1.82) is 0 Å². The van der Waals surface area contributed by atoms with Crippen molar-refractivity contribution in [2.45, 2.75) is 51.0 Å². The summed E-state index contributed by atoms with van der Waals surface area (Å²) in [5, 5.41) is 8.85. The van der Waals surface area contributed by atoms with Crippen LogP contribution in [-0.4, -0.2) is 45.5 Å². The Morgan fingerprint density at radius 3 is 2.76 bits per heavy atom. The number of primary amides is 1. The monoisotopic (exact) mass is 516 g/mol. The molecule has 11 heteroatoms. The van der Waals surface area contributed by atoms with Gasteiger partial charge in [0, 0.05) is 36.5 Å². The van der Waals surface area contributed by atoms with Crippen molar-refractivity contribution in [2.75, 3.05) is 0 Å². The molecule has 2 N–H and O–H groups in total. The Balaban J connectivity index is 1.16. The van der Waals surface area contributed by atoms with Crippen LogP contribution in [0.5, 0.6) is 0 Å². The lowest BCUT2D eigenvalue weighted by molar-refractivity contribution is -0.117. The molecule has 0 spiro atoms. The molecule has 5 aromatic heterocycles. The fourth-order valence-electron chi connectivity index (χ4n) is 4.64. The topological polar surface area (TPSA) is 125 Å². The molecule has 1 fully saturated rings. The molecular weight excluding hydrogens is 492 g/mol. The van der Waals surface area contributed by atoms with E-state index in [0.717, 1.165) is 28.1 Å². The molecule has 0 radical (unpaired) electrons. The van der Waals surface area contributed by atoms with E-state index in [4.69, 9.17) is 22.3 Å². The van der Waals surface area contributed by atoms with Gasteiger partial charge in [0.1, 0.15) is 11.3 Å². The van der Waals surface area contributed by atoms with Crippen LogP contribution in [0.4, 0.5) is 0 Å². The van der Waals surface area contributed by atoms with Crippen molar-refractivity contribution in [3.05, 3.63) is 82.5 Å². The molecule has 37 heavy (non-hydrogen) atoms. The van der Waals surface area contributed by atoms with E-state index in [1.54, 1.807) is 23.3 Å². The third-order valence-corrected chi connectivity index (χ3v) is 6.94. The molecule has 188 valence electrons. The zero-order valence-electron chi connectivity index (χ0n) is 20.0. The number of nitrogens with zero attached hydrogens (tertiary/aromatic N) is 7. The maximum absolute atomic E-state index is 12.8. The number of nitrogens with two attached hydrogens (primary N) is 1. The van der Waals surface area contributed by atoms with Crippen LogP contribution in [0.25, 0.3) is 11.2 Å². The van der Waals surface area contributed by atoms with Gasteiger partial charge in [-0.25, -0.2) is 14.6 Å².